The van der Waals surface area contributed by atoms with Gasteiger partial charge in [-0.15, -0.1) is 0 Å². The highest BCUT2D eigenvalue weighted by Crippen LogP contribution is 2.27. The number of allylic oxidation sites excluding steroid dienone is 2. The van der Waals surface area contributed by atoms with E-state index in [0.29, 0.717) is 18.5 Å². The molecule has 0 saturated carbocycles. The summed E-state index contributed by atoms with van der Waals surface area (Å²) in [7, 11) is 0. The van der Waals surface area contributed by atoms with Crippen LogP contribution in [-0.4, -0.2) is 17.0 Å². The number of amides is 1. The number of carbonyl (C=O) groups excluding carboxylic acids is 1. The number of aryl methyl sites for hydroxylation is 1. The standard InChI is InChI=1S/C15H17NO3/c1-10-6-8-11(9-7-10)16-14(17)12-4-2-3-5-13(12)15(18)19/h2-3,6-9,12-13H,4-5H2,1H3,(H,16,17)(H,18,19)/t12-,13+/m0/s1. The first-order valence-corrected chi connectivity index (χ1v) is 6.33. The number of hydrogen-bond donors (Lipinski definition) is 2. The zero-order valence-corrected chi connectivity index (χ0v) is 10.8. The third-order valence-electron chi connectivity index (χ3n) is 3.41. The third-order valence-corrected chi connectivity index (χ3v) is 3.41. The third kappa shape index (κ3) is 3.22. The lowest BCUT2D eigenvalue weighted by Gasteiger charge is -2.24. The average molecular weight is 259 g/mol. The average Bonchev–Trinajstić information content (AvgIpc) is 2.41. The Hall–Kier alpha value is -2.10. The van der Waals surface area contributed by atoms with E-state index in [1.165, 1.54) is 0 Å². The van der Waals surface area contributed by atoms with Crippen molar-refractivity contribution in [1.82, 2.24) is 0 Å². The van der Waals surface area contributed by atoms with Gasteiger partial charge < -0.3 is 10.4 Å². The Kier molecular flexibility index (Phi) is 4.00. The molecule has 0 spiro atoms. The van der Waals surface area contributed by atoms with E-state index in [-0.39, 0.29) is 5.91 Å². The topological polar surface area (TPSA) is 66.4 Å². The summed E-state index contributed by atoms with van der Waals surface area (Å²) in [5.74, 6) is -2.26. The van der Waals surface area contributed by atoms with Crippen molar-refractivity contribution >= 4 is 17.6 Å². The molecule has 1 amide bonds. The molecule has 2 N–H and O–H groups in total. The molecular formula is C15H17NO3. The molecule has 0 saturated heterocycles. The molecule has 100 valence electrons. The van der Waals surface area contributed by atoms with Gasteiger partial charge in [0, 0.05) is 5.69 Å². The van der Waals surface area contributed by atoms with Crippen LogP contribution in [0.5, 0.6) is 0 Å². The van der Waals surface area contributed by atoms with Crippen molar-refractivity contribution in [1.29, 1.82) is 0 Å². The first-order valence-electron chi connectivity index (χ1n) is 6.33. The fraction of sp³-hybridized carbons (Fsp3) is 0.333. The van der Waals surface area contributed by atoms with Gasteiger partial charge in [0.05, 0.1) is 11.8 Å². The van der Waals surface area contributed by atoms with Gasteiger partial charge in [-0.3, -0.25) is 9.59 Å². The summed E-state index contributed by atoms with van der Waals surface area (Å²) in [6.07, 6.45) is 4.60. The lowest BCUT2D eigenvalue weighted by atomic mass is 9.82. The minimum absolute atomic E-state index is 0.222. The molecule has 0 fully saturated rings. The molecule has 0 radical (unpaired) electrons. The number of carbonyl (C=O) groups is 2. The molecule has 1 aromatic rings. The molecule has 0 heterocycles. The quantitative estimate of drug-likeness (QED) is 0.820. The SMILES string of the molecule is Cc1ccc(NC(=O)[C@H]2CC=CC[C@H]2C(=O)O)cc1. The number of carboxylic acid groups (broad SMARTS) is 1. The number of nitrogens with one attached hydrogen (secondary N) is 1. The molecule has 4 heteroatoms. The maximum absolute atomic E-state index is 12.2. The van der Waals surface area contributed by atoms with E-state index in [1.54, 1.807) is 0 Å². The summed E-state index contributed by atoms with van der Waals surface area (Å²) in [5.41, 5.74) is 1.82. The van der Waals surface area contributed by atoms with Gasteiger partial charge in [0.2, 0.25) is 5.91 Å². The van der Waals surface area contributed by atoms with Crippen LogP contribution in [0.15, 0.2) is 36.4 Å². The number of aliphatic carboxylic acids is 1. The van der Waals surface area contributed by atoms with Gasteiger partial charge >= 0.3 is 5.97 Å². The number of carboxylic acids is 1. The molecule has 1 aliphatic carbocycles. The second kappa shape index (κ2) is 5.69. The van der Waals surface area contributed by atoms with Crippen LogP contribution in [0.3, 0.4) is 0 Å². The maximum Gasteiger partial charge on any atom is 0.307 e. The molecule has 1 aromatic carbocycles. The number of anilines is 1. The van der Waals surface area contributed by atoms with E-state index in [9.17, 15) is 9.59 Å². The minimum atomic E-state index is -0.909. The summed E-state index contributed by atoms with van der Waals surface area (Å²) < 4.78 is 0. The fourth-order valence-corrected chi connectivity index (χ4v) is 2.25. The van der Waals surface area contributed by atoms with E-state index in [2.05, 4.69) is 5.32 Å². The van der Waals surface area contributed by atoms with E-state index in [4.69, 9.17) is 5.11 Å². The van der Waals surface area contributed by atoms with Gasteiger partial charge in [-0.05, 0) is 31.9 Å². The minimum Gasteiger partial charge on any atom is -0.481 e. The Morgan fingerprint density at radius 2 is 1.68 bits per heavy atom. The van der Waals surface area contributed by atoms with Crippen LogP contribution in [0, 0.1) is 18.8 Å². The molecular weight excluding hydrogens is 242 g/mol. The normalized spacial score (nSPS) is 21.9. The van der Waals surface area contributed by atoms with Gasteiger partial charge in [-0.25, -0.2) is 0 Å². The zero-order chi connectivity index (χ0) is 13.8. The van der Waals surface area contributed by atoms with E-state index < -0.39 is 17.8 Å². The van der Waals surface area contributed by atoms with E-state index >= 15 is 0 Å². The molecule has 2 rings (SSSR count). The first kappa shape index (κ1) is 13.3. The smallest absolute Gasteiger partial charge is 0.307 e. The van der Waals surface area contributed by atoms with Crippen LogP contribution in [0.2, 0.25) is 0 Å². The second-order valence-corrected chi connectivity index (χ2v) is 4.85. The maximum atomic E-state index is 12.2. The number of hydrogen-bond acceptors (Lipinski definition) is 2. The second-order valence-electron chi connectivity index (χ2n) is 4.85. The van der Waals surface area contributed by atoms with Crippen LogP contribution >= 0.6 is 0 Å². The molecule has 19 heavy (non-hydrogen) atoms. The highest BCUT2D eigenvalue weighted by Gasteiger charge is 2.33. The Bertz CT molecular complexity index is 505. The number of benzene rings is 1. The monoisotopic (exact) mass is 259 g/mol. The fourth-order valence-electron chi connectivity index (χ4n) is 2.25. The van der Waals surface area contributed by atoms with Crippen molar-refractivity contribution in [2.45, 2.75) is 19.8 Å². The molecule has 4 nitrogen and oxygen atoms in total. The summed E-state index contributed by atoms with van der Waals surface area (Å²) in [4.78, 5) is 23.3. The van der Waals surface area contributed by atoms with Gasteiger partial charge in [-0.2, -0.15) is 0 Å². The van der Waals surface area contributed by atoms with Gasteiger partial charge in [-0.1, -0.05) is 29.8 Å². The van der Waals surface area contributed by atoms with Crippen molar-refractivity contribution in [2.75, 3.05) is 5.32 Å². The van der Waals surface area contributed by atoms with Crippen molar-refractivity contribution in [3.05, 3.63) is 42.0 Å². The molecule has 0 aromatic heterocycles. The van der Waals surface area contributed by atoms with Crippen LogP contribution in [0.25, 0.3) is 0 Å². The molecule has 2 atom stereocenters. The lowest BCUT2D eigenvalue weighted by Crippen LogP contribution is -2.34. The highest BCUT2D eigenvalue weighted by atomic mass is 16.4. The van der Waals surface area contributed by atoms with Crippen LogP contribution < -0.4 is 5.32 Å². The molecule has 1 aliphatic rings. The van der Waals surface area contributed by atoms with Crippen LogP contribution in [0.1, 0.15) is 18.4 Å². The Labute approximate surface area is 112 Å². The molecule has 0 unspecified atom stereocenters. The van der Waals surface area contributed by atoms with Gasteiger partial charge in [0.1, 0.15) is 0 Å². The van der Waals surface area contributed by atoms with Crippen molar-refractivity contribution in [3.63, 3.8) is 0 Å². The molecule has 0 aliphatic heterocycles. The lowest BCUT2D eigenvalue weighted by molar-refractivity contribution is -0.146. The Balaban J connectivity index is 2.08. The number of rotatable bonds is 3. The summed E-state index contributed by atoms with van der Waals surface area (Å²) in [5, 5.41) is 11.9. The molecule has 0 bridgehead atoms. The van der Waals surface area contributed by atoms with Gasteiger partial charge in [0.25, 0.3) is 0 Å². The van der Waals surface area contributed by atoms with Gasteiger partial charge in [0.15, 0.2) is 0 Å². The predicted octanol–water partition coefficient (Wildman–Crippen LogP) is 2.60. The summed E-state index contributed by atoms with van der Waals surface area (Å²) in [6.45, 7) is 1.97. The van der Waals surface area contributed by atoms with Crippen molar-refractivity contribution < 1.29 is 14.7 Å². The Morgan fingerprint density at radius 1 is 1.11 bits per heavy atom. The zero-order valence-electron chi connectivity index (χ0n) is 10.8. The highest BCUT2D eigenvalue weighted by molar-refractivity contribution is 5.95. The van der Waals surface area contributed by atoms with Crippen molar-refractivity contribution in [3.8, 4) is 0 Å². The van der Waals surface area contributed by atoms with E-state index in [1.807, 2.05) is 43.3 Å². The first-order chi connectivity index (χ1) is 9.08. The van der Waals surface area contributed by atoms with E-state index in [0.717, 1.165) is 5.56 Å². The predicted molar refractivity (Wildman–Crippen MR) is 72.8 cm³/mol. The Morgan fingerprint density at radius 3 is 2.26 bits per heavy atom. The summed E-state index contributed by atoms with van der Waals surface area (Å²) in [6, 6.07) is 7.46. The van der Waals surface area contributed by atoms with Crippen LogP contribution in [0.4, 0.5) is 5.69 Å². The van der Waals surface area contributed by atoms with Crippen LogP contribution in [-0.2, 0) is 9.59 Å². The summed E-state index contributed by atoms with van der Waals surface area (Å²) >= 11 is 0. The largest absolute Gasteiger partial charge is 0.481 e. The van der Waals surface area contributed by atoms with Crippen molar-refractivity contribution in [2.24, 2.45) is 11.8 Å².